The number of nitrogens with zero attached hydrogens (tertiary/aromatic N) is 1. The minimum Gasteiger partial charge on any atom is -0.492 e. The van der Waals surface area contributed by atoms with Crippen LogP contribution in [0.1, 0.15) is 30.4 Å². The van der Waals surface area contributed by atoms with Gasteiger partial charge in [0.2, 0.25) is 0 Å². The summed E-state index contributed by atoms with van der Waals surface area (Å²) in [5.41, 5.74) is 8.27. The number of nitrogens with two attached hydrogens (primary N) is 1. The van der Waals surface area contributed by atoms with Crippen molar-refractivity contribution in [1.29, 1.82) is 0 Å². The zero-order valence-electron chi connectivity index (χ0n) is 12.2. The van der Waals surface area contributed by atoms with Gasteiger partial charge in [-0.25, -0.2) is 0 Å². The molecule has 1 heterocycles. The van der Waals surface area contributed by atoms with Crippen LogP contribution in [0, 0.1) is 13.8 Å². The summed E-state index contributed by atoms with van der Waals surface area (Å²) in [5, 5.41) is 0. The highest BCUT2D eigenvalue weighted by Crippen LogP contribution is 2.22. The summed E-state index contributed by atoms with van der Waals surface area (Å²) < 4.78 is 6.05. The highest BCUT2D eigenvalue weighted by Gasteiger charge is 2.22. The van der Waals surface area contributed by atoms with Crippen LogP contribution in [0.2, 0.25) is 0 Å². The fraction of sp³-hybridized carbons (Fsp3) is 0.625. The van der Waals surface area contributed by atoms with Crippen LogP contribution in [0.25, 0.3) is 0 Å². The van der Waals surface area contributed by atoms with Crippen LogP contribution in [0.5, 0.6) is 5.75 Å². The molecule has 1 atom stereocenters. The third-order valence-corrected chi connectivity index (χ3v) is 4.14. The molecule has 0 aromatic heterocycles. The van der Waals surface area contributed by atoms with Crippen LogP contribution in [0.3, 0.4) is 0 Å². The Hall–Kier alpha value is -1.06. The van der Waals surface area contributed by atoms with Crippen molar-refractivity contribution in [3.63, 3.8) is 0 Å². The molecule has 3 heteroatoms. The summed E-state index contributed by atoms with van der Waals surface area (Å²) in [6, 6.07) is 6.71. The van der Waals surface area contributed by atoms with Crippen molar-refractivity contribution in [1.82, 2.24) is 4.90 Å². The summed E-state index contributed by atoms with van der Waals surface area (Å²) in [6.45, 7) is 8.12. The van der Waals surface area contributed by atoms with Crippen molar-refractivity contribution in [2.45, 2.75) is 39.2 Å². The molecule has 0 bridgehead atoms. The number of rotatable bonds is 6. The molecular formula is C16H26N2O. The van der Waals surface area contributed by atoms with Gasteiger partial charge < -0.3 is 10.5 Å². The standard InChI is InChI=1S/C16H26N2O/c1-13-6-5-7-16(14(13)2)19-12-15(8-9-17)18-10-3-4-11-18/h5-7,15H,3-4,8-12,17H2,1-2H3. The van der Waals surface area contributed by atoms with E-state index in [2.05, 4.69) is 36.9 Å². The maximum Gasteiger partial charge on any atom is 0.122 e. The van der Waals surface area contributed by atoms with Crippen molar-refractivity contribution in [3.8, 4) is 5.75 Å². The van der Waals surface area contributed by atoms with E-state index < -0.39 is 0 Å². The summed E-state index contributed by atoms with van der Waals surface area (Å²) in [7, 11) is 0. The molecule has 0 spiro atoms. The molecule has 19 heavy (non-hydrogen) atoms. The number of benzene rings is 1. The molecule has 0 amide bonds. The SMILES string of the molecule is Cc1cccc(OCC(CCN)N2CCCC2)c1C. The van der Waals surface area contributed by atoms with Gasteiger partial charge in [0, 0.05) is 6.04 Å². The Morgan fingerprint density at radius 2 is 2.00 bits per heavy atom. The van der Waals surface area contributed by atoms with Crippen LogP contribution < -0.4 is 10.5 Å². The van der Waals surface area contributed by atoms with Crippen LogP contribution in [-0.2, 0) is 0 Å². The zero-order chi connectivity index (χ0) is 13.7. The average Bonchev–Trinajstić information content (AvgIpc) is 2.93. The lowest BCUT2D eigenvalue weighted by Crippen LogP contribution is -2.39. The highest BCUT2D eigenvalue weighted by atomic mass is 16.5. The Kier molecular flexibility index (Phi) is 5.23. The Labute approximate surface area is 116 Å². The van der Waals surface area contributed by atoms with Crippen molar-refractivity contribution in [2.24, 2.45) is 5.73 Å². The van der Waals surface area contributed by atoms with Gasteiger partial charge in [-0.05, 0) is 69.9 Å². The number of hydrogen-bond acceptors (Lipinski definition) is 3. The fourth-order valence-electron chi connectivity index (χ4n) is 2.74. The molecule has 0 radical (unpaired) electrons. The lowest BCUT2D eigenvalue weighted by molar-refractivity contribution is 0.153. The van der Waals surface area contributed by atoms with E-state index in [-0.39, 0.29) is 0 Å². The van der Waals surface area contributed by atoms with Gasteiger partial charge in [0.05, 0.1) is 0 Å². The first-order valence-electron chi connectivity index (χ1n) is 7.35. The fourth-order valence-corrected chi connectivity index (χ4v) is 2.74. The summed E-state index contributed by atoms with van der Waals surface area (Å²) in [6.07, 6.45) is 3.64. The summed E-state index contributed by atoms with van der Waals surface area (Å²) in [5.74, 6) is 1.02. The van der Waals surface area contributed by atoms with Gasteiger partial charge in [0.25, 0.3) is 0 Å². The van der Waals surface area contributed by atoms with Gasteiger partial charge in [-0.3, -0.25) is 4.90 Å². The smallest absolute Gasteiger partial charge is 0.122 e. The maximum absolute atomic E-state index is 6.05. The van der Waals surface area contributed by atoms with Crippen LogP contribution in [0.4, 0.5) is 0 Å². The Morgan fingerprint density at radius 1 is 1.26 bits per heavy atom. The Morgan fingerprint density at radius 3 is 2.68 bits per heavy atom. The molecule has 2 rings (SSSR count). The largest absolute Gasteiger partial charge is 0.492 e. The number of likely N-dealkylation sites (tertiary alicyclic amines) is 1. The summed E-state index contributed by atoms with van der Waals surface area (Å²) in [4.78, 5) is 2.53. The van der Waals surface area contributed by atoms with E-state index in [1.165, 1.54) is 37.1 Å². The second kappa shape index (κ2) is 6.92. The molecule has 1 fully saturated rings. The first kappa shape index (κ1) is 14.4. The van der Waals surface area contributed by atoms with Crippen molar-refractivity contribution < 1.29 is 4.74 Å². The number of ether oxygens (including phenoxy) is 1. The zero-order valence-corrected chi connectivity index (χ0v) is 12.2. The number of aryl methyl sites for hydroxylation is 1. The van der Waals surface area contributed by atoms with Crippen molar-refractivity contribution in [3.05, 3.63) is 29.3 Å². The van der Waals surface area contributed by atoms with Crippen LogP contribution >= 0.6 is 0 Å². The van der Waals surface area contributed by atoms with Gasteiger partial charge in [-0.15, -0.1) is 0 Å². The van der Waals surface area contributed by atoms with Crippen molar-refractivity contribution in [2.75, 3.05) is 26.2 Å². The molecule has 1 saturated heterocycles. The first-order chi connectivity index (χ1) is 9.22. The van der Waals surface area contributed by atoms with E-state index in [4.69, 9.17) is 10.5 Å². The predicted molar refractivity (Wildman–Crippen MR) is 79.7 cm³/mol. The van der Waals surface area contributed by atoms with E-state index >= 15 is 0 Å². The topological polar surface area (TPSA) is 38.5 Å². The molecule has 1 unspecified atom stereocenters. The van der Waals surface area contributed by atoms with Gasteiger partial charge in [-0.2, -0.15) is 0 Å². The lowest BCUT2D eigenvalue weighted by atomic mass is 10.1. The maximum atomic E-state index is 6.05. The van der Waals surface area contributed by atoms with Gasteiger partial charge in [0.1, 0.15) is 12.4 Å². The second-order valence-electron chi connectivity index (χ2n) is 5.48. The molecule has 1 aliphatic heterocycles. The third kappa shape index (κ3) is 3.71. The predicted octanol–water partition coefficient (Wildman–Crippen LogP) is 2.50. The molecule has 2 N–H and O–H groups in total. The van der Waals surface area contributed by atoms with Crippen LogP contribution in [0.15, 0.2) is 18.2 Å². The van der Waals surface area contributed by atoms with Gasteiger partial charge in [0.15, 0.2) is 0 Å². The van der Waals surface area contributed by atoms with E-state index in [0.717, 1.165) is 25.3 Å². The molecule has 1 aromatic rings. The normalized spacial score (nSPS) is 17.6. The molecular weight excluding hydrogens is 236 g/mol. The molecule has 3 nitrogen and oxygen atoms in total. The minimum atomic E-state index is 0.465. The minimum absolute atomic E-state index is 0.465. The van der Waals surface area contributed by atoms with E-state index in [0.29, 0.717) is 6.04 Å². The van der Waals surface area contributed by atoms with E-state index in [1.807, 2.05) is 0 Å². The molecule has 1 aliphatic rings. The third-order valence-electron chi connectivity index (χ3n) is 4.14. The Bertz CT molecular complexity index is 400. The Balaban J connectivity index is 1.96. The van der Waals surface area contributed by atoms with Crippen LogP contribution in [-0.4, -0.2) is 37.2 Å². The molecule has 0 aliphatic carbocycles. The average molecular weight is 262 g/mol. The lowest BCUT2D eigenvalue weighted by Gasteiger charge is -2.27. The quantitative estimate of drug-likeness (QED) is 0.856. The second-order valence-corrected chi connectivity index (χ2v) is 5.48. The first-order valence-corrected chi connectivity index (χ1v) is 7.35. The molecule has 1 aromatic carbocycles. The van der Waals surface area contributed by atoms with E-state index in [1.54, 1.807) is 0 Å². The van der Waals surface area contributed by atoms with Gasteiger partial charge >= 0.3 is 0 Å². The molecule has 0 saturated carbocycles. The summed E-state index contributed by atoms with van der Waals surface area (Å²) >= 11 is 0. The van der Waals surface area contributed by atoms with E-state index in [9.17, 15) is 0 Å². The number of hydrogen-bond donors (Lipinski definition) is 1. The van der Waals surface area contributed by atoms with Crippen molar-refractivity contribution >= 4 is 0 Å². The highest BCUT2D eigenvalue weighted by molar-refractivity contribution is 5.38. The monoisotopic (exact) mass is 262 g/mol. The van der Waals surface area contributed by atoms with Gasteiger partial charge in [-0.1, -0.05) is 12.1 Å². The molecule has 106 valence electrons.